The number of ether oxygens (including phenoxy) is 1. The highest BCUT2D eigenvalue weighted by molar-refractivity contribution is 5.34. The van der Waals surface area contributed by atoms with Gasteiger partial charge in [-0.15, -0.1) is 0 Å². The maximum absolute atomic E-state index is 6.23. The molecule has 2 atom stereocenters. The quantitative estimate of drug-likeness (QED) is 0.643. The number of fused-ring (bicyclic) bond motifs is 3. The molecule has 0 aromatic heterocycles. The lowest BCUT2D eigenvalue weighted by Gasteiger charge is -2.44. The maximum Gasteiger partial charge on any atom is 0.0654 e. The van der Waals surface area contributed by atoms with Crippen LogP contribution < -0.4 is 0 Å². The molecule has 16 heavy (non-hydrogen) atoms. The van der Waals surface area contributed by atoms with Gasteiger partial charge >= 0.3 is 0 Å². The van der Waals surface area contributed by atoms with Crippen LogP contribution in [0.2, 0.25) is 0 Å². The van der Waals surface area contributed by atoms with E-state index in [4.69, 9.17) is 4.74 Å². The molecule has 1 heteroatoms. The first-order valence-corrected chi connectivity index (χ1v) is 6.41. The van der Waals surface area contributed by atoms with Crippen molar-refractivity contribution in [2.24, 2.45) is 0 Å². The summed E-state index contributed by atoms with van der Waals surface area (Å²) in [4.78, 5) is 0. The maximum atomic E-state index is 6.23. The minimum Gasteiger partial charge on any atom is -0.372 e. The van der Waals surface area contributed by atoms with Gasteiger partial charge in [-0.25, -0.2) is 0 Å². The van der Waals surface area contributed by atoms with E-state index in [1.165, 1.54) is 25.7 Å². The second-order valence-corrected chi connectivity index (χ2v) is 5.80. The Morgan fingerprint density at radius 3 is 2.88 bits per heavy atom. The first kappa shape index (κ1) is 10.3. The number of aryl methyl sites for hydroxylation is 1. The third-order valence-corrected chi connectivity index (χ3v) is 4.13. The summed E-state index contributed by atoms with van der Waals surface area (Å²) in [5.41, 5.74) is 3.19. The Morgan fingerprint density at radius 1 is 1.19 bits per heavy atom. The largest absolute Gasteiger partial charge is 0.372 e. The number of hydrogen-bond donors (Lipinski definition) is 0. The summed E-state index contributed by atoms with van der Waals surface area (Å²) in [6.45, 7) is 4.45. The zero-order chi connectivity index (χ0) is 11.2. The van der Waals surface area contributed by atoms with Crippen LogP contribution in [0, 0.1) is 0 Å². The van der Waals surface area contributed by atoms with Crippen LogP contribution in [0.15, 0.2) is 24.3 Å². The van der Waals surface area contributed by atoms with Crippen LogP contribution in [0.5, 0.6) is 0 Å². The Labute approximate surface area is 97.8 Å². The highest BCUT2D eigenvalue weighted by atomic mass is 16.5. The van der Waals surface area contributed by atoms with Crippen molar-refractivity contribution in [1.82, 2.24) is 0 Å². The molecule has 1 fully saturated rings. The molecule has 0 radical (unpaired) electrons. The lowest BCUT2D eigenvalue weighted by Crippen LogP contribution is -2.42. The molecule has 1 aromatic carbocycles. The third-order valence-electron chi connectivity index (χ3n) is 4.13. The zero-order valence-electron chi connectivity index (χ0n) is 10.2. The molecule has 0 spiro atoms. The Balaban J connectivity index is 1.92. The van der Waals surface area contributed by atoms with Gasteiger partial charge in [0, 0.05) is 5.92 Å². The summed E-state index contributed by atoms with van der Waals surface area (Å²) in [7, 11) is 0. The summed E-state index contributed by atoms with van der Waals surface area (Å²) in [5.74, 6) is 0.651. The summed E-state index contributed by atoms with van der Waals surface area (Å²) < 4.78 is 6.23. The molecule has 1 saturated heterocycles. The minimum absolute atomic E-state index is 0.0907. The average Bonchev–Trinajstić information content (AvgIpc) is 2.27. The van der Waals surface area contributed by atoms with E-state index in [0.717, 1.165) is 0 Å². The molecule has 86 valence electrons. The van der Waals surface area contributed by atoms with Crippen molar-refractivity contribution in [1.29, 1.82) is 0 Å². The van der Waals surface area contributed by atoms with E-state index in [2.05, 4.69) is 38.1 Å². The predicted molar refractivity (Wildman–Crippen MR) is 65.7 cm³/mol. The van der Waals surface area contributed by atoms with Gasteiger partial charge in [0.15, 0.2) is 0 Å². The van der Waals surface area contributed by atoms with Crippen molar-refractivity contribution < 1.29 is 4.74 Å². The molecule has 0 amide bonds. The molecule has 1 aromatic rings. The highest BCUT2D eigenvalue weighted by Crippen LogP contribution is 2.43. The van der Waals surface area contributed by atoms with Crippen LogP contribution in [-0.2, 0) is 11.2 Å². The van der Waals surface area contributed by atoms with Gasteiger partial charge < -0.3 is 4.74 Å². The zero-order valence-corrected chi connectivity index (χ0v) is 10.2. The van der Waals surface area contributed by atoms with Gasteiger partial charge in [0.25, 0.3) is 0 Å². The molecule has 1 heterocycles. The van der Waals surface area contributed by atoms with Crippen LogP contribution >= 0.6 is 0 Å². The van der Waals surface area contributed by atoms with Crippen LogP contribution in [0.25, 0.3) is 0 Å². The highest BCUT2D eigenvalue weighted by Gasteiger charge is 2.38. The monoisotopic (exact) mass is 216 g/mol. The third kappa shape index (κ3) is 1.67. The first-order valence-electron chi connectivity index (χ1n) is 6.41. The smallest absolute Gasteiger partial charge is 0.0654 e. The van der Waals surface area contributed by atoms with Crippen molar-refractivity contribution in [2.45, 2.75) is 57.2 Å². The van der Waals surface area contributed by atoms with E-state index in [-0.39, 0.29) is 5.60 Å². The molecular formula is C15H20O. The molecular weight excluding hydrogens is 196 g/mol. The minimum atomic E-state index is 0.0907. The van der Waals surface area contributed by atoms with Crippen molar-refractivity contribution in [3.8, 4) is 0 Å². The van der Waals surface area contributed by atoms with Crippen molar-refractivity contribution in [3.05, 3.63) is 35.4 Å². The molecule has 1 aliphatic heterocycles. The predicted octanol–water partition coefficient (Wildman–Crippen LogP) is 3.67. The molecule has 1 nitrogen and oxygen atoms in total. The van der Waals surface area contributed by atoms with Gasteiger partial charge in [-0.2, -0.15) is 0 Å². The van der Waals surface area contributed by atoms with E-state index >= 15 is 0 Å². The first-order chi connectivity index (χ1) is 7.66. The molecule has 0 bridgehead atoms. The van der Waals surface area contributed by atoms with Crippen molar-refractivity contribution in [3.63, 3.8) is 0 Å². The molecule has 3 rings (SSSR count). The Kier molecular flexibility index (Phi) is 2.32. The van der Waals surface area contributed by atoms with Crippen molar-refractivity contribution in [2.75, 3.05) is 0 Å². The fraction of sp³-hybridized carbons (Fsp3) is 0.600. The molecule has 0 saturated carbocycles. The lowest BCUT2D eigenvalue weighted by molar-refractivity contribution is -0.122. The Bertz CT molecular complexity index is 394. The number of benzene rings is 1. The summed E-state index contributed by atoms with van der Waals surface area (Å²) in [5, 5.41) is 0. The molecule has 1 aliphatic carbocycles. The van der Waals surface area contributed by atoms with Crippen LogP contribution in [0.4, 0.5) is 0 Å². The number of rotatable bonds is 0. The van der Waals surface area contributed by atoms with Crippen LogP contribution in [0.3, 0.4) is 0 Å². The molecule has 2 aliphatic rings. The lowest BCUT2D eigenvalue weighted by atomic mass is 9.75. The summed E-state index contributed by atoms with van der Waals surface area (Å²) >= 11 is 0. The standard InChI is InChI=1S/C15H20O/c1-15(2)10-9-13-12-6-4-3-5-11(12)7-8-14(13)16-15/h3-6,13-14H,7-10H2,1-2H3/t13-,14+/m1/s1. The average molecular weight is 216 g/mol. The fourth-order valence-corrected chi connectivity index (χ4v) is 3.28. The van der Waals surface area contributed by atoms with E-state index in [0.29, 0.717) is 12.0 Å². The Hall–Kier alpha value is -0.820. The second kappa shape index (κ2) is 3.59. The van der Waals surface area contributed by atoms with E-state index in [9.17, 15) is 0 Å². The van der Waals surface area contributed by atoms with Crippen LogP contribution in [-0.4, -0.2) is 11.7 Å². The van der Waals surface area contributed by atoms with Gasteiger partial charge in [-0.1, -0.05) is 24.3 Å². The van der Waals surface area contributed by atoms with Gasteiger partial charge in [0.05, 0.1) is 11.7 Å². The summed E-state index contributed by atoms with van der Waals surface area (Å²) in [6, 6.07) is 8.91. The number of hydrogen-bond acceptors (Lipinski definition) is 1. The molecule has 0 N–H and O–H groups in total. The normalized spacial score (nSPS) is 31.6. The Morgan fingerprint density at radius 2 is 2.00 bits per heavy atom. The van der Waals surface area contributed by atoms with E-state index in [1.807, 2.05) is 0 Å². The topological polar surface area (TPSA) is 9.23 Å². The van der Waals surface area contributed by atoms with Gasteiger partial charge in [0.2, 0.25) is 0 Å². The van der Waals surface area contributed by atoms with Gasteiger partial charge in [-0.3, -0.25) is 0 Å². The van der Waals surface area contributed by atoms with Crippen molar-refractivity contribution >= 4 is 0 Å². The van der Waals surface area contributed by atoms with E-state index in [1.54, 1.807) is 11.1 Å². The fourth-order valence-electron chi connectivity index (χ4n) is 3.28. The van der Waals surface area contributed by atoms with Gasteiger partial charge in [-0.05, 0) is 50.7 Å². The van der Waals surface area contributed by atoms with Gasteiger partial charge in [0.1, 0.15) is 0 Å². The molecule has 0 unspecified atom stereocenters. The second-order valence-electron chi connectivity index (χ2n) is 5.80. The van der Waals surface area contributed by atoms with E-state index < -0.39 is 0 Å². The van der Waals surface area contributed by atoms with Crippen LogP contribution in [0.1, 0.15) is 50.2 Å². The SMILES string of the molecule is CC1(C)CC[C@@H]2c3ccccc3CC[C@@H]2O1. The summed E-state index contributed by atoms with van der Waals surface area (Å²) in [6.07, 6.45) is 5.31.